The van der Waals surface area contributed by atoms with Crippen molar-refractivity contribution in [3.63, 3.8) is 0 Å². The maximum Gasteiger partial charge on any atom is 0.252 e. The van der Waals surface area contributed by atoms with E-state index in [-0.39, 0.29) is 11.3 Å². The molecule has 8 heteroatoms. The summed E-state index contributed by atoms with van der Waals surface area (Å²) in [6.07, 6.45) is 1.97. The topological polar surface area (TPSA) is 66.5 Å². The van der Waals surface area contributed by atoms with Crippen molar-refractivity contribution in [3.05, 3.63) is 16.0 Å². The first-order valence-electron chi connectivity index (χ1n) is 6.85. The minimum Gasteiger partial charge on any atom is -0.356 e. The van der Waals surface area contributed by atoms with Crippen LogP contribution in [0, 0.1) is 12.3 Å². The molecule has 1 N–H and O–H groups in total. The molecule has 1 aromatic rings. The largest absolute Gasteiger partial charge is 0.356 e. The molecule has 0 saturated carbocycles. The van der Waals surface area contributed by atoms with Crippen LogP contribution in [0.3, 0.4) is 0 Å². The maximum absolute atomic E-state index is 12.6. The molecule has 0 aromatic carbocycles. The van der Waals surface area contributed by atoms with Crippen molar-refractivity contribution in [2.45, 2.75) is 30.4 Å². The Morgan fingerprint density at radius 2 is 2.05 bits per heavy atom. The van der Waals surface area contributed by atoms with Crippen molar-refractivity contribution in [3.8, 4) is 0 Å². The van der Waals surface area contributed by atoms with E-state index in [0.717, 1.165) is 29.7 Å². The molecule has 3 rings (SSSR count). The lowest BCUT2D eigenvalue weighted by Crippen LogP contribution is -2.43. The van der Waals surface area contributed by atoms with E-state index in [4.69, 9.17) is 11.6 Å². The SMILES string of the molecule is Cc1cc(S(=O)(=O)N2CCC3(CC2)CNC(=O)C3)sc1Cl. The van der Waals surface area contributed by atoms with E-state index in [9.17, 15) is 13.2 Å². The monoisotopic (exact) mass is 348 g/mol. The Morgan fingerprint density at radius 1 is 1.38 bits per heavy atom. The Balaban J connectivity index is 1.75. The van der Waals surface area contributed by atoms with Gasteiger partial charge in [0.25, 0.3) is 10.0 Å². The fourth-order valence-electron chi connectivity index (χ4n) is 2.99. The highest BCUT2D eigenvalue weighted by Crippen LogP contribution is 2.40. The predicted octanol–water partition coefficient (Wildman–Crippen LogP) is 2.00. The van der Waals surface area contributed by atoms with Gasteiger partial charge in [0.05, 0.1) is 4.34 Å². The highest BCUT2D eigenvalue weighted by atomic mass is 35.5. The quantitative estimate of drug-likeness (QED) is 0.889. The zero-order valence-corrected chi connectivity index (χ0v) is 14.1. The Kier molecular flexibility index (Phi) is 3.80. The van der Waals surface area contributed by atoms with Gasteiger partial charge in [0.15, 0.2) is 0 Å². The molecule has 2 saturated heterocycles. The van der Waals surface area contributed by atoms with Crippen LogP contribution in [0.25, 0.3) is 0 Å². The molecular weight excluding hydrogens is 332 g/mol. The van der Waals surface area contributed by atoms with E-state index in [2.05, 4.69) is 5.32 Å². The van der Waals surface area contributed by atoms with Gasteiger partial charge >= 0.3 is 0 Å². The number of amides is 1. The number of rotatable bonds is 2. The van der Waals surface area contributed by atoms with Gasteiger partial charge in [0.1, 0.15) is 4.21 Å². The van der Waals surface area contributed by atoms with Crippen molar-refractivity contribution in [2.75, 3.05) is 19.6 Å². The first-order chi connectivity index (χ1) is 9.82. The minimum atomic E-state index is -3.46. The molecule has 5 nitrogen and oxygen atoms in total. The van der Waals surface area contributed by atoms with E-state index in [1.54, 1.807) is 13.0 Å². The van der Waals surface area contributed by atoms with Crippen molar-refractivity contribution >= 4 is 38.9 Å². The van der Waals surface area contributed by atoms with Crippen LogP contribution in [-0.4, -0.2) is 38.3 Å². The fourth-order valence-corrected chi connectivity index (χ4v) is 6.30. The molecule has 1 spiro atoms. The molecule has 0 bridgehead atoms. The molecule has 0 aliphatic carbocycles. The van der Waals surface area contributed by atoms with Gasteiger partial charge in [-0.2, -0.15) is 4.31 Å². The van der Waals surface area contributed by atoms with Crippen LogP contribution in [0.4, 0.5) is 0 Å². The van der Waals surface area contributed by atoms with Crippen LogP contribution in [0.15, 0.2) is 10.3 Å². The normalized spacial score (nSPS) is 22.7. The molecule has 1 amide bonds. The third-order valence-electron chi connectivity index (χ3n) is 4.41. The fraction of sp³-hybridized carbons (Fsp3) is 0.615. The van der Waals surface area contributed by atoms with Gasteiger partial charge in [0.2, 0.25) is 5.91 Å². The van der Waals surface area contributed by atoms with E-state index in [1.165, 1.54) is 4.31 Å². The number of thiophene rings is 1. The van der Waals surface area contributed by atoms with Gasteiger partial charge in [-0.15, -0.1) is 11.3 Å². The van der Waals surface area contributed by atoms with Gasteiger partial charge in [-0.1, -0.05) is 11.6 Å². The van der Waals surface area contributed by atoms with Crippen LogP contribution >= 0.6 is 22.9 Å². The molecule has 0 atom stereocenters. The lowest BCUT2D eigenvalue weighted by atomic mass is 9.78. The molecule has 116 valence electrons. The lowest BCUT2D eigenvalue weighted by Gasteiger charge is -2.37. The standard InChI is InChI=1S/C13H17ClN2O3S2/c1-9-6-11(20-12(9)14)21(18,19)16-4-2-13(3-5-16)7-10(17)15-8-13/h6H,2-5,7-8H2,1H3,(H,15,17). The van der Waals surface area contributed by atoms with Gasteiger partial charge < -0.3 is 5.32 Å². The molecule has 2 fully saturated rings. The Morgan fingerprint density at radius 3 is 2.52 bits per heavy atom. The summed E-state index contributed by atoms with van der Waals surface area (Å²) >= 11 is 7.09. The van der Waals surface area contributed by atoms with Crippen molar-refractivity contribution in [2.24, 2.45) is 5.41 Å². The van der Waals surface area contributed by atoms with E-state index in [0.29, 0.717) is 34.6 Å². The number of hydrogen-bond donors (Lipinski definition) is 1. The van der Waals surface area contributed by atoms with Gasteiger partial charge in [0, 0.05) is 26.1 Å². The lowest BCUT2D eigenvalue weighted by molar-refractivity contribution is -0.119. The summed E-state index contributed by atoms with van der Waals surface area (Å²) in [5.41, 5.74) is 0.742. The summed E-state index contributed by atoms with van der Waals surface area (Å²) in [5.74, 6) is 0.0759. The number of aryl methyl sites for hydroxylation is 1. The van der Waals surface area contributed by atoms with Gasteiger partial charge in [-0.3, -0.25) is 4.79 Å². The summed E-state index contributed by atoms with van der Waals surface area (Å²) in [4.78, 5) is 11.4. The second kappa shape index (κ2) is 5.22. The maximum atomic E-state index is 12.6. The predicted molar refractivity (Wildman–Crippen MR) is 82.1 cm³/mol. The second-order valence-electron chi connectivity index (χ2n) is 5.88. The summed E-state index contributed by atoms with van der Waals surface area (Å²) < 4.78 is 27.6. The second-order valence-corrected chi connectivity index (χ2v) is 9.70. The highest BCUT2D eigenvalue weighted by molar-refractivity contribution is 7.91. The van der Waals surface area contributed by atoms with Crippen LogP contribution in [0.2, 0.25) is 4.34 Å². The molecule has 21 heavy (non-hydrogen) atoms. The van der Waals surface area contributed by atoms with Crippen LogP contribution in [0.5, 0.6) is 0 Å². The number of nitrogens with zero attached hydrogens (tertiary/aromatic N) is 1. The molecule has 1 aromatic heterocycles. The first-order valence-corrected chi connectivity index (χ1v) is 9.49. The highest BCUT2D eigenvalue weighted by Gasteiger charge is 2.43. The molecular formula is C13H17ClN2O3S2. The summed E-state index contributed by atoms with van der Waals surface area (Å²) in [6, 6.07) is 1.63. The Hall–Kier alpha value is -0.630. The number of carbonyl (C=O) groups excluding carboxylic acids is 1. The number of piperidine rings is 1. The van der Waals surface area contributed by atoms with Gasteiger partial charge in [-0.05, 0) is 36.8 Å². The van der Waals surface area contributed by atoms with Crippen molar-refractivity contribution in [1.29, 1.82) is 0 Å². The Bertz CT molecular complexity index is 656. The van der Waals surface area contributed by atoms with E-state index in [1.807, 2.05) is 0 Å². The van der Waals surface area contributed by atoms with Crippen molar-refractivity contribution in [1.82, 2.24) is 9.62 Å². The average Bonchev–Trinajstić information content (AvgIpc) is 2.95. The summed E-state index contributed by atoms with van der Waals surface area (Å²) in [7, 11) is -3.46. The minimum absolute atomic E-state index is 0.0495. The number of sulfonamides is 1. The Labute approximate surface area is 133 Å². The number of hydrogen-bond acceptors (Lipinski definition) is 4. The first kappa shape index (κ1) is 15.3. The average molecular weight is 349 g/mol. The molecule has 3 heterocycles. The van der Waals surface area contributed by atoms with Gasteiger partial charge in [-0.25, -0.2) is 8.42 Å². The zero-order valence-electron chi connectivity index (χ0n) is 11.7. The summed E-state index contributed by atoms with van der Waals surface area (Å²) in [5, 5.41) is 2.85. The van der Waals surface area contributed by atoms with E-state index >= 15 is 0 Å². The number of nitrogens with one attached hydrogen (secondary N) is 1. The van der Waals surface area contributed by atoms with Crippen molar-refractivity contribution < 1.29 is 13.2 Å². The molecule has 2 aliphatic heterocycles. The zero-order chi connectivity index (χ0) is 15.3. The summed E-state index contributed by atoms with van der Waals surface area (Å²) in [6.45, 7) is 3.40. The molecule has 0 unspecified atom stereocenters. The third-order valence-corrected chi connectivity index (χ3v) is 8.31. The number of halogens is 1. The van der Waals surface area contributed by atoms with Crippen LogP contribution < -0.4 is 5.32 Å². The molecule has 0 radical (unpaired) electrons. The van der Waals surface area contributed by atoms with Crippen LogP contribution in [-0.2, 0) is 14.8 Å². The smallest absolute Gasteiger partial charge is 0.252 e. The number of carbonyl (C=O) groups is 1. The third kappa shape index (κ3) is 2.72. The van der Waals surface area contributed by atoms with Crippen LogP contribution in [0.1, 0.15) is 24.8 Å². The van der Waals surface area contributed by atoms with E-state index < -0.39 is 10.0 Å². The molecule has 2 aliphatic rings.